The Morgan fingerprint density at radius 2 is 2.12 bits per heavy atom. The van der Waals surface area contributed by atoms with E-state index in [1.165, 1.54) is 0 Å². The van der Waals surface area contributed by atoms with E-state index in [1.54, 1.807) is 16.4 Å². The number of aromatic nitrogens is 4. The van der Waals surface area contributed by atoms with Crippen LogP contribution in [0.2, 0.25) is 0 Å². The monoisotopic (exact) mass is 235 g/mol. The first-order chi connectivity index (χ1) is 7.77. The highest BCUT2D eigenvalue weighted by molar-refractivity contribution is 7.99. The third-order valence-electron chi connectivity index (χ3n) is 1.92. The van der Waals surface area contributed by atoms with Gasteiger partial charge < -0.3 is 5.73 Å². The van der Waals surface area contributed by atoms with Gasteiger partial charge in [-0.15, -0.1) is 5.10 Å². The van der Waals surface area contributed by atoms with E-state index in [-0.39, 0.29) is 6.04 Å². The van der Waals surface area contributed by atoms with Crippen LogP contribution in [-0.4, -0.2) is 32.0 Å². The van der Waals surface area contributed by atoms with Gasteiger partial charge in [-0.2, -0.15) is 4.68 Å². The van der Waals surface area contributed by atoms with Crippen molar-refractivity contribution in [1.82, 2.24) is 20.2 Å². The van der Waals surface area contributed by atoms with E-state index in [0.29, 0.717) is 0 Å². The van der Waals surface area contributed by atoms with Gasteiger partial charge in [-0.25, -0.2) is 0 Å². The molecule has 5 nitrogen and oxygen atoms in total. The SMILES string of the molecule is C[C@H](N)CSc1nnnn1-c1ccccc1. The number of benzene rings is 1. The number of tetrazole rings is 1. The number of thioether (sulfide) groups is 1. The lowest BCUT2D eigenvalue weighted by atomic mass is 10.3. The molecule has 0 aliphatic carbocycles. The Balaban J connectivity index is 2.19. The standard InChI is InChI=1S/C10H13N5S/c1-8(11)7-16-10-12-13-14-15(10)9-5-3-2-4-6-9/h2-6,8H,7,11H2,1H3/t8-/m0/s1. The van der Waals surface area contributed by atoms with Crippen LogP contribution in [0.15, 0.2) is 35.5 Å². The average Bonchev–Trinajstić information content (AvgIpc) is 2.75. The molecule has 2 N–H and O–H groups in total. The first-order valence-corrected chi connectivity index (χ1v) is 5.98. The minimum atomic E-state index is 0.130. The lowest BCUT2D eigenvalue weighted by Gasteiger charge is -2.05. The average molecular weight is 235 g/mol. The molecule has 0 saturated heterocycles. The van der Waals surface area contributed by atoms with Crippen molar-refractivity contribution in [3.8, 4) is 5.69 Å². The first kappa shape index (κ1) is 11.1. The number of hydrogen-bond donors (Lipinski definition) is 1. The second kappa shape index (κ2) is 5.09. The highest BCUT2D eigenvalue weighted by Crippen LogP contribution is 2.17. The second-order valence-electron chi connectivity index (χ2n) is 3.50. The Morgan fingerprint density at radius 3 is 2.81 bits per heavy atom. The van der Waals surface area contributed by atoms with E-state index in [9.17, 15) is 0 Å². The quantitative estimate of drug-likeness (QED) is 0.804. The lowest BCUT2D eigenvalue weighted by Crippen LogP contribution is -2.17. The topological polar surface area (TPSA) is 69.6 Å². The van der Waals surface area contributed by atoms with Crippen LogP contribution in [0, 0.1) is 0 Å². The van der Waals surface area contributed by atoms with Crippen LogP contribution in [0.1, 0.15) is 6.92 Å². The minimum absolute atomic E-state index is 0.130. The van der Waals surface area contributed by atoms with E-state index in [2.05, 4.69) is 15.5 Å². The molecule has 0 aliphatic rings. The van der Waals surface area contributed by atoms with Gasteiger partial charge in [-0.3, -0.25) is 0 Å². The first-order valence-electron chi connectivity index (χ1n) is 4.99. The third kappa shape index (κ3) is 2.59. The van der Waals surface area contributed by atoms with E-state index >= 15 is 0 Å². The van der Waals surface area contributed by atoms with Gasteiger partial charge in [-0.1, -0.05) is 30.0 Å². The Bertz CT molecular complexity index is 439. The zero-order valence-electron chi connectivity index (χ0n) is 8.95. The maximum atomic E-state index is 5.70. The van der Waals surface area contributed by atoms with Gasteiger partial charge in [0.15, 0.2) is 0 Å². The third-order valence-corrected chi connectivity index (χ3v) is 3.12. The summed E-state index contributed by atoms with van der Waals surface area (Å²) in [6.45, 7) is 1.96. The summed E-state index contributed by atoms with van der Waals surface area (Å²) in [6.07, 6.45) is 0. The highest BCUT2D eigenvalue weighted by atomic mass is 32.2. The van der Waals surface area contributed by atoms with Crippen molar-refractivity contribution in [1.29, 1.82) is 0 Å². The van der Waals surface area contributed by atoms with Crippen molar-refractivity contribution in [3.05, 3.63) is 30.3 Å². The fourth-order valence-electron chi connectivity index (χ4n) is 1.21. The molecule has 0 aliphatic heterocycles. The number of para-hydroxylation sites is 1. The molecule has 1 aromatic carbocycles. The van der Waals surface area contributed by atoms with Crippen LogP contribution < -0.4 is 5.73 Å². The molecule has 0 spiro atoms. The van der Waals surface area contributed by atoms with E-state index in [4.69, 9.17) is 5.73 Å². The van der Waals surface area contributed by atoms with Gasteiger partial charge in [0.05, 0.1) is 5.69 Å². The molecular formula is C10H13N5S. The summed E-state index contributed by atoms with van der Waals surface area (Å²) < 4.78 is 1.72. The van der Waals surface area contributed by atoms with Crippen molar-refractivity contribution in [3.63, 3.8) is 0 Å². The molecule has 0 bridgehead atoms. The van der Waals surface area contributed by atoms with E-state index in [1.807, 2.05) is 37.3 Å². The number of hydrogen-bond acceptors (Lipinski definition) is 5. The normalized spacial score (nSPS) is 12.6. The molecule has 0 unspecified atom stereocenters. The van der Waals surface area contributed by atoms with Crippen LogP contribution in [0.4, 0.5) is 0 Å². The summed E-state index contributed by atoms with van der Waals surface area (Å²) in [5.41, 5.74) is 6.66. The van der Waals surface area contributed by atoms with Crippen molar-refractivity contribution >= 4 is 11.8 Å². The summed E-state index contributed by atoms with van der Waals surface area (Å²) in [4.78, 5) is 0. The molecule has 0 amide bonds. The van der Waals surface area contributed by atoms with Gasteiger partial charge in [0, 0.05) is 11.8 Å². The number of nitrogens with two attached hydrogens (primary N) is 1. The summed E-state index contributed by atoms with van der Waals surface area (Å²) >= 11 is 1.56. The molecule has 2 aromatic rings. The molecule has 0 radical (unpaired) electrons. The number of nitrogens with zero attached hydrogens (tertiary/aromatic N) is 4. The van der Waals surface area contributed by atoms with Gasteiger partial charge in [0.1, 0.15) is 0 Å². The van der Waals surface area contributed by atoms with Crippen LogP contribution in [0.3, 0.4) is 0 Å². The summed E-state index contributed by atoms with van der Waals surface area (Å²) in [5, 5.41) is 12.4. The van der Waals surface area contributed by atoms with Crippen molar-refractivity contribution in [2.75, 3.05) is 5.75 Å². The van der Waals surface area contributed by atoms with Crippen molar-refractivity contribution < 1.29 is 0 Å². The van der Waals surface area contributed by atoms with Gasteiger partial charge in [0.2, 0.25) is 5.16 Å². The Labute approximate surface area is 98.0 Å². The predicted octanol–water partition coefficient (Wildman–Crippen LogP) is 1.10. The van der Waals surface area contributed by atoms with Crippen LogP contribution in [0.25, 0.3) is 5.69 Å². The van der Waals surface area contributed by atoms with Crippen LogP contribution in [-0.2, 0) is 0 Å². The molecule has 2 rings (SSSR count). The highest BCUT2D eigenvalue weighted by Gasteiger charge is 2.08. The summed E-state index contributed by atoms with van der Waals surface area (Å²) in [6, 6.07) is 9.93. The smallest absolute Gasteiger partial charge is 0.214 e. The van der Waals surface area contributed by atoms with E-state index < -0.39 is 0 Å². The molecule has 6 heteroatoms. The van der Waals surface area contributed by atoms with E-state index in [0.717, 1.165) is 16.6 Å². The molecule has 84 valence electrons. The molecule has 0 saturated carbocycles. The largest absolute Gasteiger partial charge is 0.327 e. The summed E-state index contributed by atoms with van der Waals surface area (Å²) in [5.74, 6) is 0.799. The van der Waals surface area contributed by atoms with Gasteiger partial charge >= 0.3 is 0 Å². The maximum absolute atomic E-state index is 5.70. The van der Waals surface area contributed by atoms with Gasteiger partial charge in [-0.05, 0) is 29.5 Å². The molecule has 0 fully saturated rings. The maximum Gasteiger partial charge on any atom is 0.214 e. The lowest BCUT2D eigenvalue weighted by molar-refractivity contribution is 0.754. The molecule has 1 aromatic heterocycles. The Kier molecular flexibility index (Phi) is 3.53. The fraction of sp³-hybridized carbons (Fsp3) is 0.300. The zero-order valence-corrected chi connectivity index (χ0v) is 9.76. The Hall–Kier alpha value is -1.40. The molecular weight excluding hydrogens is 222 g/mol. The van der Waals surface area contributed by atoms with Crippen molar-refractivity contribution in [2.45, 2.75) is 18.1 Å². The van der Waals surface area contributed by atoms with Crippen LogP contribution in [0.5, 0.6) is 0 Å². The molecule has 16 heavy (non-hydrogen) atoms. The molecule has 1 heterocycles. The van der Waals surface area contributed by atoms with Crippen LogP contribution >= 0.6 is 11.8 Å². The fourth-order valence-corrected chi connectivity index (χ4v) is 1.98. The zero-order chi connectivity index (χ0) is 11.4. The molecule has 1 atom stereocenters. The predicted molar refractivity (Wildman–Crippen MR) is 63.5 cm³/mol. The van der Waals surface area contributed by atoms with Gasteiger partial charge in [0.25, 0.3) is 0 Å². The Morgan fingerprint density at radius 1 is 1.38 bits per heavy atom. The summed E-state index contributed by atoms with van der Waals surface area (Å²) in [7, 11) is 0. The second-order valence-corrected chi connectivity index (χ2v) is 4.48. The minimum Gasteiger partial charge on any atom is -0.327 e. The number of rotatable bonds is 4. The van der Waals surface area contributed by atoms with Crippen molar-refractivity contribution in [2.24, 2.45) is 5.73 Å².